The summed E-state index contributed by atoms with van der Waals surface area (Å²) in [5.74, 6) is -0.904. The molecular weight excluding hydrogens is 340 g/mol. The van der Waals surface area contributed by atoms with E-state index in [9.17, 15) is 9.59 Å². The predicted molar refractivity (Wildman–Crippen MR) is 105 cm³/mol. The van der Waals surface area contributed by atoms with Crippen molar-refractivity contribution in [1.29, 1.82) is 0 Å². The Morgan fingerprint density at radius 1 is 1.00 bits per heavy atom. The van der Waals surface area contributed by atoms with Crippen LogP contribution in [0.15, 0.2) is 60.8 Å². The number of nitrogens with one attached hydrogen (secondary N) is 2. The molecule has 5 nitrogen and oxygen atoms in total. The Kier molecular flexibility index (Phi) is 6.26. The van der Waals surface area contributed by atoms with E-state index < -0.39 is 5.97 Å². The molecule has 0 aliphatic heterocycles. The predicted octanol–water partition coefficient (Wildman–Crippen LogP) is 4.21. The van der Waals surface area contributed by atoms with Gasteiger partial charge in [-0.2, -0.15) is 0 Å². The number of aromatic nitrogens is 1. The van der Waals surface area contributed by atoms with E-state index in [1.54, 1.807) is 0 Å². The average Bonchev–Trinajstić information content (AvgIpc) is 3.09. The van der Waals surface area contributed by atoms with E-state index in [2.05, 4.69) is 16.4 Å². The number of hydrogen-bond donors (Lipinski definition) is 3. The zero-order valence-electron chi connectivity index (χ0n) is 15.2. The zero-order valence-corrected chi connectivity index (χ0v) is 15.2. The van der Waals surface area contributed by atoms with Crippen LogP contribution in [0, 0.1) is 0 Å². The summed E-state index contributed by atoms with van der Waals surface area (Å²) in [6, 6.07) is 17.4. The minimum atomic E-state index is -0.857. The maximum Gasteiger partial charge on any atom is 0.303 e. The zero-order chi connectivity index (χ0) is 19.1. The molecule has 5 heteroatoms. The van der Waals surface area contributed by atoms with Crippen LogP contribution >= 0.6 is 0 Å². The van der Waals surface area contributed by atoms with Crippen molar-refractivity contribution < 1.29 is 14.7 Å². The molecular formula is C22H24N2O3. The van der Waals surface area contributed by atoms with Crippen LogP contribution < -0.4 is 5.32 Å². The molecule has 0 spiro atoms. The van der Waals surface area contributed by atoms with E-state index in [-0.39, 0.29) is 18.4 Å². The molecule has 140 valence electrons. The molecule has 0 saturated carbocycles. The Morgan fingerprint density at radius 2 is 1.74 bits per heavy atom. The highest BCUT2D eigenvalue weighted by Crippen LogP contribution is 2.21. The molecule has 0 saturated heterocycles. The standard InChI is InChI=1S/C22H24N2O3/c25-21(12-6-9-17-15-23-20-11-5-4-10-18(17)20)24-19(13-14-22(26)27)16-7-2-1-3-8-16/h1-5,7-8,10-11,15,19,23H,6,9,12-14H2,(H,24,25)(H,26,27). The molecule has 1 heterocycles. The molecule has 0 fully saturated rings. The fourth-order valence-corrected chi connectivity index (χ4v) is 3.32. The fraction of sp³-hybridized carbons (Fsp3) is 0.273. The summed E-state index contributed by atoms with van der Waals surface area (Å²) in [6.45, 7) is 0. The Labute approximate surface area is 158 Å². The second-order valence-electron chi connectivity index (χ2n) is 6.68. The number of amides is 1. The smallest absolute Gasteiger partial charge is 0.303 e. The lowest BCUT2D eigenvalue weighted by molar-refractivity contribution is -0.137. The van der Waals surface area contributed by atoms with E-state index in [1.807, 2.05) is 54.7 Å². The van der Waals surface area contributed by atoms with Gasteiger partial charge in [0.15, 0.2) is 0 Å². The van der Waals surface area contributed by atoms with Gasteiger partial charge in [-0.3, -0.25) is 9.59 Å². The summed E-state index contributed by atoms with van der Waals surface area (Å²) in [5, 5.41) is 13.2. The topological polar surface area (TPSA) is 82.2 Å². The van der Waals surface area contributed by atoms with Crippen molar-refractivity contribution in [2.75, 3.05) is 0 Å². The first-order chi connectivity index (χ1) is 13.1. The van der Waals surface area contributed by atoms with Crippen molar-refractivity contribution in [1.82, 2.24) is 10.3 Å². The van der Waals surface area contributed by atoms with Crippen molar-refractivity contribution in [3.63, 3.8) is 0 Å². The number of aliphatic carboxylic acids is 1. The quantitative estimate of drug-likeness (QED) is 0.532. The number of carbonyl (C=O) groups is 2. The number of aromatic amines is 1. The molecule has 27 heavy (non-hydrogen) atoms. The number of benzene rings is 2. The van der Waals surface area contributed by atoms with Crippen molar-refractivity contribution in [2.24, 2.45) is 0 Å². The average molecular weight is 364 g/mol. The van der Waals surface area contributed by atoms with Crippen LogP contribution in [-0.4, -0.2) is 22.0 Å². The first kappa shape index (κ1) is 18.7. The van der Waals surface area contributed by atoms with Crippen molar-refractivity contribution in [3.8, 4) is 0 Å². The van der Waals surface area contributed by atoms with Gasteiger partial charge in [0.25, 0.3) is 0 Å². The van der Waals surface area contributed by atoms with Crippen molar-refractivity contribution in [2.45, 2.75) is 38.1 Å². The van der Waals surface area contributed by atoms with Gasteiger partial charge < -0.3 is 15.4 Å². The monoisotopic (exact) mass is 364 g/mol. The largest absolute Gasteiger partial charge is 0.481 e. The van der Waals surface area contributed by atoms with Gasteiger partial charge in [0.1, 0.15) is 0 Å². The lowest BCUT2D eigenvalue weighted by atomic mass is 10.0. The minimum absolute atomic E-state index is 0.0230. The molecule has 0 radical (unpaired) electrons. The van der Waals surface area contributed by atoms with Crippen LogP contribution in [0.3, 0.4) is 0 Å². The maximum atomic E-state index is 12.4. The number of hydrogen-bond acceptors (Lipinski definition) is 2. The number of H-pyrrole nitrogens is 1. The van der Waals surface area contributed by atoms with Gasteiger partial charge in [0.2, 0.25) is 5.91 Å². The lowest BCUT2D eigenvalue weighted by Gasteiger charge is -2.18. The fourth-order valence-electron chi connectivity index (χ4n) is 3.32. The van der Waals surface area contributed by atoms with Crippen LogP contribution in [0.1, 0.15) is 42.9 Å². The third-order valence-electron chi connectivity index (χ3n) is 4.71. The number of rotatable bonds is 9. The SMILES string of the molecule is O=C(O)CCC(NC(=O)CCCc1c[nH]c2ccccc12)c1ccccc1. The summed E-state index contributed by atoms with van der Waals surface area (Å²) in [7, 11) is 0. The van der Waals surface area contributed by atoms with Gasteiger partial charge in [0.05, 0.1) is 6.04 Å². The molecule has 3 aromatic rings. The van der Waals surface area contributed by atoms with Gasteiger partial charge in [-0.25, -0.2) is 0 Å². The second kappa shape index (κ2) is 9.03. The van der Waals surface area contributed by atoms with Crippen LogP contribution in [0.2, 0.25) is 0 Å². The number of carbonyl (C=O) groups excluding carboxylic acids is 1. The molecule has 1 unspecified atom stereocenters. The Hall–Kier alpha value is -3.08. The van der Waals surface area contributed by atoms with E-state index >= 15 is 0 Å². The number of fused-ring (bicyclic) bond motifs is 1. The summed E-state index contributed by atoms with van der Waals surface area (Å²) in [4.78, 5) is 26.6. The number of carboxylic acid groups (broad SMARTS) is 1. The highest BCUT2D eigenvalue weighted by atomic mass is 16.4. The van der Waals surface area contributed by atoms with Crippen molar-refractivity contribution >= 4 is 22.8 Å². The molecule has 1 aromatic heterocycles. The summed E-state index contributed by atoms with van der Waals surface area (Å²) in [5.41, 5.74) is 3.25. The molecule has 1 atom stereocenters. The highest BCUT2D eigenvalue weighted by Gasteiger charge is 2.16. The Bertz CT molecular complexity index is 902. The number of aryl methyl sites for hydroxylation is 1. The molecule has 0 aliphatic rings. The first-order valence-corrected chi connectivity index (χ1v) is 9.24. The summed E-state index contributed by atoms with van der Waals surface area (Å²) in [6.07, 6.45) is 4.39. The van der Waals surface area contributed by atoms with E-state index in [1.165, 1.54) is 10.9 Å². The number of carboxylic acids is 1. The molecule has 3 rings (SSSR count). The van der Waals surface area contributed by atoms with Gasteiger partial charge >= 0.3 is 5.97 Å². The normalized spacial score (nSPS) is 12.0. The van der Waals surface area contributed by atoms with Gasteiger partial charge in [0, 0.05) is 29.9 Å². The minimum Gasteiger partial charge on any atom is -0.481 e. The third kappa shape index (κ3) is 5.20. The molecule has 0 aliphatic carbocycles. The van der Waals surface area contributed by atoms with Crippen molar-refractivity contribution in [3.05, 3.63) is 71.9 Å². The maximum absolute atomic E-state index is 12.4. The van der Waals surface area contributed by atoms with Gasteiger partial charge in [-0.05, 0) is 36.5 Å². The van der Waals surface area contributed by atoms with Gasteiger partial charge in [-0.1, -0.05) is 48.5 Å². The highest BCUT2D eigenvalue weighted by molar-refractivity contribution is 5.83. The molecule has 1 amide bonds. The molecule has 0 bridgehead atoms. The number of para-hydroxylation sites is 1. The van der Waals surface area contributed by atoms with E-state index in [0.717, 1.165) is 23.9 Å². The first-order valence-electron chi connectivity index (χ1n) is 9.24. The van der Waals surface area contributed by atoms with Crippen LogP contribution in [-0.2, 0) is 16.0 Å². The van der Waals surface area contributed by atoms with Crippen LogP contribution in [0.25, 0.3) is 10.9 Å². The summed E-state index contributed by atoms with van der Waals surface area (Å²) < 4.78 is 0. The molecule has 3 N–H and O–H groups in total. The van der Waals surface area contributed by atoms with Crippen LogP contribution in [0.5, 0.6) is 0 Å². The van der Waals surface area contributed by atoms with E-state index in [4.69, 9.17) is 5.11 Å². The Morgan fingerprint density at radius 3 is 2.52 bits per heavy atom. The second-order valence-corrected chi connectivity index (χ2v) is 6.68. The summed E-state index contributed by atoms with van der Waals surface area (Å²) >= 11 is 0. The van der Waals surface area contributed by atoms with E-state index in [0.29, 0.717) is 12.8 Å². The lowest BCUT2D eigenvalue weighted by Crippen LogP contribution is -2.28. The molecule has 2 aromatic carbocycles. The third-order valence-corrected chi connectivity index (χ3v) is 4.71. The van der Waals surface area contributed by atoms with Gasteiger partial charge in [-0.15, -0.1) is 0 Å². The van der Waals surface area contributed by atoms with Crippen LogP contribution in [0.4, 0.5) is 0 Å². The Balaban J connectivity index is 1.55.